The Balaban J connectivity index is 2.40. The van der Waals surface area contributed by atoms with Gasteiger partial charge in [0.1, 0.15) is 6.10 Å². The molecule has 13 heavy (non-hydrogen) atoms. The summed E-state index contributed by atoms with van der Waals surface area (Å²) in [6.45, 7) is 1.77. The van der Waals surface area contributed by atoms with Crippen molar-refractivity contribution in [2.24, 2.45) is 0 Å². The van der Waals surface area contributed by atoms with Crippen LogP contribution in [0.15, 0.2) is 0 Å². The molecule has 1 saturated carbocycles. The second-order valence-corrected chi connectivity index (χ2v) is 3.59. The van der Waals surface area contributed by atoms with Crippen molar-refractivity contribution in [3.63, 3.8) is 0 Å². The number of hydrogen-bond donors (Lipinski definition) is 1. The summed E-state index contributed by atoms with van der Waals surface area (Å²) in [7, 11) is 0. The summed E-state index contributed by atoms with van der Waals surface area (Å²) in [5, 5.41) is 9.62. The Morgan fingerprint density at radius 1 is 1.38 bits per heavy atom. The lowest BCUT2D eigenvalue weighted by Crippen LogP contribution is -2.29. The summed E-state index contributed by atoms with van der Waals surface area (Å²) in [4.78, 5) is 11.0. The van der Waals surface area contributed by atoms with Gasteiger partial charge in [0.25, 0.3) is 0 Å². The number of aliphatic hydroxyl groups is 1. The quantitative estimate of drug-likeness (QED) is 0.526. The second-order valence-electron chi connectivity index (χ2n) is 3.59. The Labute approximate surface area is 79.1 Å². The Bertz CT molecular complexity index is 168. The van der Waals surface area contributed by atoms with E-state index in [-0.39, 0.29) is 12.1 Å². The first kappa shape index (κ1) is 10.5. The molecule has 0 spiro atoms. The van der Waals surface area contributed by atoms with Gasteiger partial charge in [0.05, 0.1) is 6.10 Å². The Morgan fingerprint density at radius 2 is 2.08 bits per heavy atom. The van der Waals surface area contributed by atoms with Crippen molar-refractivity contribution in [3.8, 4) is 0 Å². The lowest BCUT2D eigenvalue weighted by atomic mass is 10.1. The van der Waals surface area contributed by atoms with Gasteiger partial charge < -0.3 is 9.84 Å². The van der Waals surface area contributed by atoms with Crippen LogP contribution in [-0.4, -0.2) is 23.3 Å². The monoisotopic (exact) mass is 186 g/mol. The fourth-order valence-corrected chi connectivity index (χ4v) is 1.64. The van der Waals surface area contributed by atoms with E-state index in [0.717, 1.165) is 32.1 Å². The fourth-order valence-electron chi connectivity index (χ4n) is 1.64. The maximum absolute atomic E-state index is 11.0. The van der Waals surface area contributed by atoms with Gasteiger partial charge in [0, 0.05) is 6.42 Å². The summed E-state index contributed by atoms with van der Waals surface area (Å²) in [5.74, 6) is -0.203. The Hall–Kier alpha value is -0.570. The number of carbonyl (C=O) groups is 1. The Kier molecular flexibility index (Phi) is 4.22. The van der Waals surface area contributed by atoms with E-state index in [2.05, 4.69) is 0 Å². The van der Waals surface area contributed by atoms with Crippen LogP contribution in [0.4, 0.5) is 0 Å². The third kappa shape index (κ3) is 3.35. The molecule has 0 heterocycles. The second kappa shape index (κ2) is 5.22. The molecule has 3 nitrogen and oxygen atoms in total. The average Bonchev–Trinajstić information content (AvgIpc) is 2.32. The van der Waals surface area contributed by atoms with Crippen molar-refractivity contribution in [1.82, 2.24) is 0 Å². The van der Waals surface area contributed by atoms with Crippen LogP contribution in [0.2, 0.25) is 0 Å². The van der Waals surface area contributed by atoms with Crippen LogP contribution in [0.25, 0.3) is 0 Å². The van der Waals surface area contributed by atoms with E-state index in [1.807, 2.05) is 0 Å². The van der Waals surface area contributed by atoms with Crippen LogP contribution in [0.5, 0.6) is 0 Å². The highest BCUT2D eigenvalue weighted by atomic mass is 16.6. The van der Waals surface area contributed by atoms with Gasteiger partial charge in [0.2, 0.25) is 0 Å². The van der Waals surface area contributed by atoms with Gasteiger partial charge in [0.15, 0.2) is 0 Å². The summed E-state index contributed by atoms with van der Waals surface area (Å²) < 4.78 is 5.14. The van der Waals surface area contributed by atoms with Gasteiger partial charge in [-0.15, -0.1) is 0 Å². The number of rotatable bonds is 2. The number of esters is 1. The molecule has 0 radical (unpaired) electrons. The highest BCUT2D eigenvalue weighted by Gasteiger charge is 2.24. The topological polar surface area (TPSA) is 46.5 Å². The van der Waals surface area contributed by atoms with Crippen molar-refractivity contribution in [2.45, 2.75) is 57.7 Å². The molecule has 0 aromatic carbocycles. The third-order valence-electron chi connectivity index (χ3n) is 2.49. The van der Waals surface area contributed by atoms with Crippen molar-refractivity contribution in [3.05, 3.63) is 0 Å². The molecule has 3 heteroatoms. The van der Waals surface area contributed by atoms with Gasteiger partial charge >= 0.3 is 5.97 Å². The smallest absolute Gasteiger partial charge is 0.305 e. The maximum Gasteiger partial charge on any atom is 0.305 e. The number of carbonyl (C=O) groups excluding carboxylic acids is 1. The zero-order valence-electron chi connectivity index (χ0n) is 8.16. The number of ether oxygens (including phenoxy) is 1. The van der Waals surface area contributed by atoms with Gasteiger partial charge in [-0.1, -0.05) is 19.8 Å². The first-order valence-electron chi connectivity index (χ1n) is 5.11. The highest BCUT2D eigenvalue weighted by molar-refractivity contribution is 5.69. The molecule has 0 aromatic rings. The molecule has 0 bridgehead atoms. The lowest BCUT2D eigenvalue weighted by Gasteiger charge is -2.20. The maximum atomic E-state index is 11.0. The molecule has 0 amide bonds. The molecule has 76 valence electrons. The zero-order chi connectivity index (χ0) is 9.68. The summed E-state index contributed by atoms with van der Waals surface area (Å²) in [5.41, 5.74) is 0. The first-order chi connectivity index (χ1) is 6.24. The normalized spacial score (nSPS) is 29.4. The predicted octanol–water partition coefficient (Wildman–Crippen LogP) is 1.63. The number of hydrogen-bond acceptors (Lipinski definition) is 3. The average molecular weight is 186 g/mol. The van der Waals surface area contributed by atoms with Crippen LogP contribution in [0, 0.1) is 0 Å². The SMILES string of the molecule is CCC(=O)OC1CCCCCC1O. The molecule has 0 saturated heterocycles. The van der Waals surface area contributed by atoms with Gasteiger partial charge in [-0.25, -0.2) is 0 Å². The lowest BCUT2D eigenvalue weighted by molar-refractivity contribution is -0.155. The van der Waals surface area contributed by atoms with E-state index in [4.69, 9.17) is 4.74 Å². The molecule has 0 aliphatic heterocycles. The Morgan fingerprint density at radius 3 is 2.77 bits per heavy atom. The standard InChI is InChI=1S/C10H18O3/c1-2-10(12)13-9-7-5-3-4-6-8(9)11/h8-9,11H,2-7H2,1H3. The van der Waals surface area contributed by atoms with Crippen LogP contribution in [0.3, 0.4) is 0 Å². The molecule has 1 aliphatic carbocycles. The zero-order valence-corrected chi connectivity index (χ0v) is 8.16. The molecule has 2 unspecified atom stereocenters. The molecular weight excluding hydrogens is 168 g/mol. The molecule has 1 aliphatic rings. The summed E-state index contributed by atoms with van der Waals surface area (Å²) in [6, 6.07) is 0. The van der Waals surface area contributed by atoms with Crippen LogP contribution < -0.4 is 0 Å². The van der Waals surface area contributed by atoms with Gasteiger partial charge in [-0.3, -0.25) is 4.79 Å². The summed E-state index contributed by atoms with van der Waals surface area (Å²) in [6.07, 6.45) is 4.50. The third-order valence-corrected chi connectivity index (χ3v) is 2.49. The minimum Gasteiger partial charge on any atom is -0.460 e. The van der Waals surface area contributed by atoms with Gasteiger partial charge in [-0.2, -0.15) is 0 Å². The van der Waals surface area contributed by atoms with Crippen molar-refractivity contribution < 1.29 is 14.6 Å². The minimum absolute atomic E-state index is 0.203. The highest BCUT2D eigenvalue weighted by Crippen LogP contribution is 2.20. The van der Waals surface area contributed by atoms with Crippen LogP contribution in [0.1, 0.15) is 45.4 Å². The molecule has 2 atom stereocenters. The van der Waals surface area contributed by atoms with Crippen LogP contribution >= 0.6 is 0 Å². The van der Waals surface area contributed by atoms with E-state index < -0.39 is 6.10 Å². The molecular formula is C10H18O3. The van der Waals surface area contributed by atoms with Crippen LogP contribution in [-0.2, 0) is 9.53 Å². The molecule has 1 N–H and O–H groups in total. The van der Waals surface area contributed by atoms with Gasteiger partial charge in [-0.05, 0) is 19.3 Å². The van der Waals surface area contributed by atoms with E-state index in [0.29, 0.717) is 6.42 Å². The minimum atomic E-state index is -0.446. The van der Waals surface area contributed by atoms with Crippen molar-refractivity contribution in [1.29, 1.82) is 0 Å². The number of aliphatic hydroxyl groups excluding tert-OH is 1. The molecule has 1 rings (SSSR count). The molecule has 1 fully saturated rings. The summed E-state index contributed by atoms with van der Waals surface area (Å²) >= 11 is 0. The van der Waals surface area contributed by atoms with Crippen molar-refractivity contribution >= 4 is 5.97 Å². The predicted molar refractivity (Wildman–Crippen MR) is 49.3 cm³/mol. The van der Waals surface area contributed by atoms with Crippen molar-refractivity contribution in [2.75, 3.05) is 0 Å². The van der Waals surface area contributed by atoms with E-state index >= 15 is 0 Å². The van der Waals surface area contributed by atoms with E-state index in [1.54, 1.807) is 6.92 Å². The molecule has 0 aromatic heterocycles. The van der Waals surface area contributed by atoms with E-state index in [1.165, 1.54) is 0 Å². The fraction of sp³-hybridized carbons (Fsp3) is 0.900. The first-order valence-corrected chi connectivity index (χ1v) is 5.11. The van der Waals surface area contributed by atoms with E-state index in [9.17, 15) is 9.90 Å². The largest absolute Gasteiger partial charge is 0.460 e.